The molecule has 0 radical (unpaired) electrons. The molecule has 5 rings (SSSR count). The Morgan fingerprint density at radius 3 is 2.51 bits per heavy atom. The minimum absolute atomic E-state index is 0.0269. The van der Waals surface area contributed by atoms with Crippen molar-refractivity contribution in [2.45, 2.75) is 88.4 Å². The zero-order valence-corrected chi connectivity index (χ0v) is 28.6. The van der Waals surface area contributed by atoms with E-state index in [-0.39, 0.29) is 41.7 Å². The van der Waals surface area contributed by atoms with Crippen LogP contribution in [0.2, 0.25) is 5.02 Å². The van der Waals surface area contributed by atoms with Crippen LogP contribution in [0.5, 0.6) is 0 Å². The maximum absolute atomic E-state index is 15.6. The standard InChI is InChI=1S/C34H44ClF2N3O6S/c1-34(2)18-22(14-15-46-34)31(21-6-8-23(35)9-7-21)32(39-33(42)45-3)30(41)17-27-26(28(36)12-13-29(27)37)11-10-25-19-38-24-5-4-16-47(43,44)40(25)20-24/h6-9,12-13,22,24-25,31-32,38H,4-5,10-11,14-20H2,1-3H3,(H,39,42)/t22-,24+,25-,31-,32+/m0/s1. The number of fused-ring (bicyclic) bond motifs is 2. The molecule has 0 aromatic heterocycles. The first kappa shape index (κ1) is 35.7. The lowest BCUT2D eigenvalue weighted by atomic mass is 9.71. The van der Waals surface area contributed by atoms with Crippen LogP contribution in [0.1, 0.15) is 68.6 Å². The van der Waals surface area contributed by atoms with E-state index in [0.717, 1.165) is 24.1 Å². The van der Waals surface area contributed by atoms with Crippen LogP contribution in [-0.4, -0.2) is 80.9 Å². The van der Waals surface area contributed by atoms with Gasteiger partial charge in [0.15, 0.2) is 5.78 Å². The Bertz CT molecular complexity index is 1560. The van der Waals surface area contributed by atoms with E-state index in [9.17, 15) is 18.0 Å². The van der Waals surface area contributed by atoms with Crippen LogP contribution in [0.3, 0.4) is 0 Å². The zero-order chi connectivity index (χ0) is 33.9. The number of nitrogens with zero attached hydrogens (tertiary/aromatic N) is 1. The van der Waals surface area contributed by atoms with E-state index in [1.165, 1.54) is 11.4 Å². The van der Waals surface area contributed by atoms with Crippen molar-refractivity contribution in [2.24, 2.45) is 5.92 Å². The Labute approximate surface area is 280 Å². The summed E-state index contributed by atoms with van der Waals surface area (Å²) in [6.07, 6.45) is 1.48. The van der Waals surface area contributed by atoms with Crippen molar-refractivity contribution in [1.82, 2.24) is 14.9 Å². The number of carbonyl (C=O) groups is 2. The number of nitrogens with one attached hydrogen (secondary N) is 2. The second-order valence-corrected chi connectivity index (χ2v) is 16.0. The maximum atomic E-state index is 15.6. The number of rotatable bonds is 10. The first-order valence-electron chi connectivity index (χ1n) is 16.2. The highest BCUT2D eigenvalue weighted by atomic mass is 35.5. The molecule has 3 heterocycles. The smallest absolute Gasteiger partial charge is 0.407 e. The number of hydrogen-bond donors (Lipinski definition) is 2. The molecule has 0 saturated carbocycles. The molecule has 1 amide bonds. The molecule has 2 bridgehead atoms. The summed E-state index contributed by atoms with van der Waals surface area (Å²) in [4.78, 5) is 27.0. The van der Waals surface area contributed by atoms with E-state index in [2.05, 4.69) is 10.6 Å². The molecule has 3 aliphatic rings. The van der Waals surface area contributed by atoms with Crippen molar-refractivity contribution in [2.75, 3.05) is 32.6 Å². The molecule has 3 aliphatic heterocycles. The lowest BCUT2D eigenvalue weighted by molar-refractivity contribution is -0.122. The highest BCUT2D eigenvalue weighted by molar-refractivity contribution is 7.89. The molecule has 2 N–H and O–H groups in total. The Balaban J connectivity index is 1.45. The fourth-order valence-corrected chi connectivity index (χ4v) is 9.43. The summed E-state index contributed by atoms with van der Waals surface area (Å²) >= 11 is 6.20. The molecule has 2 aromatic rings. The van der Waals surface area contributed by atoms with Crippen LogP contribution in [0.25, 0.3) is 0 Å². The number of ketones is 1. The van der Waals surface area contributed by atoms with Gasteiger partial charge in [-0.15, -0.1) is 0 Å². The van der Waals surface area contributed by atoms with E-state index in [4.69, 9.17) is 21.1 Å². The molecule has 3 fully saturated rings. The molecule has 258 valence electrons. The molecule has 13 heteroatoms. The molecular formula is C34H44ClF2N3O6S. The van der Waals surface area contributed by atoms with Crippen LogP contribution in [0.15, 0.2) is 36.4 Å². The monoisotopic (exact) mass is 695 g/mol. The van der Waals surface area contributed by atoms with Gasteiger partial charge in [-0.25, -0.2) is 22.0 Å². The van der Waals surface area contributed by atoms with Gasteiger partial charge in [-0.2, -0.15) is 4.31 Å². The number of carbonyl (C=O) groups excluding carboxylic acids is 2. The van der Waals surface area contributed by atoms with Gasteiger partial charge in [0.05, 0.1) is 24.5 Å². The van der Waals surface area contributed by atoms with Gasteiger partial charge in [0.1, 0.15) is 11.6 Å². The maximum Gasteiger partial charge on any atom is 0.407 e. The van der Waals surface area contributed by atoms with Gasteiger partial charge in [-0.3, -0.25) is 4.79 Å². The van der Waals surface area contributed by atoms with Crippen LogP contribution in [0, 0.1) is 17.6 Å². The largest absolute Gasteiger partial charge is 0.453 e. The van der Waals surface area contributed by atoms with Crippen LogP contribution < -0.4 is 10.6 Å². The molecule has 2 aromatic carbocycles. The molecular weight excluding hydrogens is 652 g/mol. The van der Waals surface area contributed by atoms with Gasteiger partial charge in [-0.05, 0) is 93.7 Å². The van der Waals surface area contributed by atoms with Crippen LogP contribution >= 0.6 is 11.6 Å². The first-order chi connectivity index (χ1) is 22.3. The lowest BCUT2D eigenvalue weighted by Crippen LogP contribution is -2.57. The molecule has 0 aliphatic carbocycles. The summed E-state index contributed by atoms with van der Waals surface area (Å²) < 4.78 is 69.4. The van der Waals surface area contributed by atoms with Gasteiger partial charge >= 0.3 is 6.09 Å². The van der Waals surface area contributed by atoms with Gasteiger partial charge in [-0.1, -0.05) is 23.7 Å². The summed E-state index contributed by atoms with van der Waals surface area (Å²) in [5.74, 6) is -2.53. The summed E-state index contributed by atoms with van der Waals surface area (Å²) in [6.45, 7) is 5.14. The van der Waals surface area contributed by atoms with Crippen LogP contribution in [0.4, 0.5) is 13.6 Å². The molecule has 3 saturated heterocycles. The number of benzene rings is 2. The SMILES string of the molecule is COC(=O)N[C@H](C(=O)Cc1c(F)ccc(F)c1CC[C@H]1CN[C@@H]2CCCS(=O)(=O)N1C2)[C@@H](c1ccc(Cl)cc1)[C@H]1CCOC(C)(C)C1. The van der Waals surface area contributed by atoms with E-state index < -0.39 is 63.6 Å². The van der Waals surface area contributed by atoms with Crippen molar-refractivity contribution in [3.63, 3.8) is 0 Å². The fourth-order valence-electron chi connectivity index (χ4n) is 7.50. The molecule has 0 spiro atoms. The van der Waals surface area contributed by atoms with E-state index in [0.29, 0.717) is 44.0 Å². The van der Waals surface area contributed by atoms with Gasteiger partial charge < -0.3 is 20.1 Å². The average Bonchev–Trinajstić information content (AvgIpc) is 3.14. The third-order valence-corrected chi connectivity index (χ3v) is 12.0. The van der Waals surface area contributed by atoms with Crippen molar-refractivity contribution in [3.8, 4) is 0 Å². The summed E-state index contributed by atoms with van der Waals surface area (Å²) in [5, 5.41) is 6.62. The number of piperazine rings is 1. The van der Waals surface area contributed by atoms with Gasteiger partial charge in [0.2, 0.25) is 10.0 Å². The summed E-state index contributed by atoms with van der Waals surface area (Å²) in [6, 6.07) is 7.56. The van der Waals surface area contributed by atoms with Crippen LogP contribution in [-0.2, 0) is 37.1 Å². The topological polar surface area (TPSA) is 114 Å². The number of sulfonamides is 1. The van der Waals surface area contributed by atoms with E-state index in [1.807, 2.05) is 26.0 Å². The predicted molar refractivity (Wildman–Crippen MR) is 175 cm³/mol. The van der Waals surface area contributed by atoms with E-state index in [1.54, 1.807) is 12.1 Å². The molecule has 9 nitrogen and oxygen atoms in total. The minimum atomic E-state index is -3.47. The number of amides is 1. The predicted octanol–water partition coefficient (Wildman–Crippen LogP) is 5.14. The Morgan fingerprint density at radius 1 is 1.13 bits per heavy atom. The van der Waals surface area contributed by atoms with Crippen molar-refractivity contribution < 1.29 is 36.3 Å². The Kier molecular flexibility index (Phi) is 11.3. The van der Waals surface area contributed by atoms with Gasteiger partial charge in [0.25, 0.3) is 0 Å². The van der Waals surface area contributed by atoms with Crippen molar-refractivity contribution in [1.29, 1.82) is 0 Å². The van der Waals surface area contributed by atoms with Crippen molar-refractivity contribution >= 4 is 33.5 Å². The number of halogens is 3. The van der Waals surface area contributed by atoms with Gasteiger partial charge in [0, 0.05) is 54.7 Å². The molecule has 47 heavy (non-hydrogen) atoms. The summed E-state index contributed by atoms with van der Waals surface area (Å²) in [5.41, 5.74) is 0.200. The number of hydrogen-bond acceptors (Lipinski definition) is 7. The van der Waals surface area contributed by atoms with Crippen molar-refractivity contribution in [3.05, 3.63) is 69.7 Å². The normalized spacial score (nSPS) is 26.4. The quantitative estimate of drug-likeness (QED) is 0.354. The average molecular weight is 696 g/mol. The fraction of sp³-hybridized carbons (Fsp3) is 0.588. The minimum Gasteiger partial charge on any atom is -0.453 e. The molecule has 6 atom stereocenters. The summed E-state index contributed by atoms with van der Waals surface area (Å²) in [7, 11) is -2.28. The highest BCUT2D eigenvalue weighted by Gasteiger charge is 2.42. The number of alkyl carbamates (subject to hydrolysis) is 1. The Hall–Kier alpha value is -2.64. The molecule has 1 unspecified atom stereocenters. The lowest BCUT2D eigenvalue weighted by Gasteiger charge is -2.41. The highest BCUT2D eigenvalue weighted by Crippen LogP contribution is 2.41. The number of methoxy groups -OCH3 is 1. The Morgan fingerprint density at radius 2 is 1.83 bits per heavy atom. The van der Waals surface area contributed by atoms with E-state index >= 15 is 8.78 Å². The number of Topliss-reactive ketones (excluding diaryl/α,β-unsaturated/α-hetero) is 1. The second kappa shape index (κ2) is 14.9. The zero-order valence-electron chi connectivity index (χ0n) is 27.1. The second-order valence-electron chi connectivity index (χ2n) is 13.5. The third-order valence-electron chi connectivity index (χ3n) is 9.82. The first-order valence-corrected chi connectivity index (χ1v) is 18.2. The third kappa shape index (κ3) is 8.51. The number of ether oxygens (including phenoxy) is 2.